The van der Waals surface area contributed by atoms with E-state index >= 15 is 0 Å². The van der Waals surface area contributed by atoms with Gasteiger partial charge in [0, 0.05) is 18.8 Å². The highest BCUT2D eigenvalue weighted by Crippen LogP contribution is 2.20. The van der Waals surface area contributed by atoms with E-state index in [0.29, 0.717) is 11.7 Å². The summed E-state index contributed by atoms with van der Waals surface area (Å²) >= 11 is 0. The molecule has 1 aliphatic heterocycles. The van der Waals surface area contributed by atoms with Crippen molar-refractivity contribution in [2.45, 2.75) is 39.2 Å². The number of carbonyl (C=O) groups excluding carboxylic acids is 2. The molecule has 1 saturated heterocycles. The molecule has 1 amide bonds. The first-order chi connectivity index (χ1) is 12.1. The predicted octanol–water partition coefficient (Wildman–Crippen LogP) is 3.08. The van der Waals surface area contributed by atoms with Crippen molar-refractivity contribution in [3.05, 3.63) is 41.6 Å². The molecule has 0 radical (unpaired) electrons. The number of nitrogens with zero attached hydrogens (tertiary/aromatic N) is 2. The number of anilines is 1. The number of amides is 1. The van der Waals surface area contributed by atoms with Gasteiger partial charge in [0.05, 0.1) is 17.9 Å². The van der Waals surface area contributed by atoms with Crippen molar-refractivity contribution >= 4 is 17.6 Å². The molecule has 0 aliphatic carbocycles. The van der Waals surface area contributed by atoms with Gasteiger partial charge in [0.1, 0.15) is 11.6 Å². The highest BCUT2D eigenvalue weighted by atomic mass is 16.5. The number of nitriles is 1. The van der Waals surface area contributed by atoms with Crippen LogP contribution in [-0.4, -0.2) is 36.0 Å². The minimum Gasteiger partial charge on any atom is -0.462 e. The molecule has 0 saturated carbocycles. The van der Waals surface area contributed by atoms with Gasteiger partial charge in [-0.3, -0.25) is 4.79 Å². The maximum atomic E-state index is 12.5. The average Bonchev–Trinajstić information content (AvgIpc) is 2.61. The molecular formula is C19H23N3O3. The van der Waals surface area contributed by atoms with E-state index in [-0.39, 0.29) is 17.7 Å². The fourth-order valence-corrected chi connectivity index (χ4v) is 2.78. The van der Waals surface area contributed by atoms with E-state index in [9.17, 15) is 14.9 Å². The number of likely N-dealkylation sites (tertiary alicyclic amines) is 1. The van der Waals surface area contributed by atoms with Gasteiger partial charge in [-0.25, -0.2) is 4.79 Å². The van der Waals surface area contributed by atoms with Crippen molar-refractivity contribution in [2.24, 2.45) is 0 Å². The first-order valence-corrected chi connectivity index (χ1v) is 8.52. The number of nitrogens with one attached hydrogen (secondary N) is 1. The third kappa shape index (κ3) is 4.83. The number of carbonyl (C=O) groups is 2. The van der Waals surface area contributed by atoms with Crippen LogP contribution < -0.4 is 5.32 Å². The Kier molecular flexibility index (Phi) is 6.58. The van der Waals surface area contributed by atoms with E-state index in [1.54, 1.807) is 37.4 Å². The summed E-state index contributed by atoms with van der Waals surface area (Å²) in [4.78, 5) is 26.5. The maximum absolute atomic E-state index is 12.5. The lowest BCUT2D eigenvalue weighted by molar-refractivity contribution is -0.112. The molecule has 1 aromatic rings. The van der Waals surface area contributed by atoms with Gasteiger partial charge in [-0.05, 0) is 45.2 Å². The lowest BCUT2D eigenvalue weighted by Gasteiger charge is -2.32. The predicted molar refractivity (Wildman–Crippen MR) is 94.7 cm³/mol. The van der Waals surface area contributed by atoms with Crippen LogP contribution in [-0.2, 0) is 9.53 Å². The molecular weight excluding hydrogens is 318 g/mol. The Balaban J connectivity index is 2.18. The Morgan fingerprint density at radius 2 is 2.16 bits per heavy atom. The third-order valence-corrected chi connectivity index (χ3v) is 4.18. The van der Waals surface area contributed by atoms with Crippen LogP contribution in [0.5, 0.6) is 0 Å². The SMILES string of the molecule is CCOC(=O)c1ccccc1NC(=O)/C(C#N)=C\N1CCCCC1C. The number of ether oxygens (including phenoxy) is 1. The Labute approximate surface area is 148 Å². The Morgan fingerprint density at radius 1 is 1.40 bits per heavy atom. The van der Waals surface area contributed by atoms with Crippen LogP contribution in [0.2, 0.25) is 0 Å². The van der Waals surface area contributed by atoms with E-state index in [4.69, 9.17) is 4.74 Å². The van der Waals surface area contributed by atoms with Crippen LogP contribution in [0.15, 0.2) is 36.0 Å². The molecule has 6 heteroatoms. The summed E-state index contributed by atoms with van der Waals surface area (Å²) in [5.41, 5.74) is 0.618. The maximum Gasteiger partial charge on any atom is 0.340 e. The second-order valence-corrected chi connectivity index (χ2v) is 5.96. The second-order valence-electron chi connectivity index (χ2n) is 5.96. The summed E-state index contributed by atoms with van der Waals surface area (Å²) in [7, 11) is 0. The zero-order valence-corrected chi connectivity index (χ0v) is 14.6. The van der Waals surface area contributed by atoms with Gasteiger partial charge < -0.3 is 15.0 Å². The van der Waals surface area contributed by atoms with Gasteiger partial charge in [-0.1, -0.05) is 12.1 Å². The molecule has 2 rings (SSSR count). The van der Waals surface area contributed by atoms with Crippen LogP contribution in [0, 0.1) is 11.3 Å². The van der Waals surface area contributed by atoms with E-state index in [1.165, 1.54) is 0 Å². The highest BCUT2D eigenvalue weighted by molar-refractivity contribution is 6.09. The molecule has 0 aromatic heterocycles. The fourth-order valence-electron chi connectivity index (χ4n) is 2.78. The van der Waals surface area contributed by atoms with Gasteiger partial charge in [-0.2, -0.15) is 5.26 Å². The summed E-state index contributed by atoms with van der Waals surface area (Å²) < 4.78 is 4.99. The largest absolute Gasteiger partial charge is 0.462 e. The number of piperidine rings is 1. The molecule has 1 N–H and O–H groups in total. The number of esters is 1. The van der Waals surface area contributed by atoms with Crippen molar-refractivity contribution in [3.63, 3.8) is 0 Å². The molecule has 1 atom stereocenters. The standard InChI is InChI=1S/C19H23N3O3/c1-3-25-19(24)16-9-4-5-10-17(16)21-18(23)15(12-20)13-22-11-7-6-8-14(22)2/h4-5,9-10,13-14H,3,6-8,11H2,1-2H3,(H,21,23)/b15-13-. The monoisotopic (exact) mass is 341 g/mol. The fraction of sp³-hybridized carbons (Fsp3) is 0.421. The molecule has 0 bridgehead atoms. The quantitative estimate of drug-likeness (QED) is 0.505. The van der Waals surface area contributed by atoms with Crippen LogP contribution in [0.3, 0.4) is 0 Å². The lowest BCUT2D eigenvalue weighted by atomic mass is 10.0. The van der Waals surface area contributed by atoms with Crippen molar-refractivity contribution in [1.29, 1.82) is 5.26 Å². The molecule has 1 aromatic carbocycles. The van der Waals surface area contributed by atoms with Gasteiger partial charge in [0.15, 0.2) is 0 Å². The first kappa shape index (κ1) is 18.5. The number of rotatable bonds is 5. The van der Waals surface area contributed by atoms with E-state index in [1.807, 2.05) is 11.0 Å². The Morgan fingerprint density at radius 3 is 2.84 bits per heavy atom. The number of benzene rings is 1. The van der Waals surface area contributed by atoms with Crippen molar-refractivity contribution < 1.29 is 14.3 Å². The first-order valence-electron chi connectivity index (χ1n) is 8.52. The number of para-hydroxylation sites is 1. The zero-order valence-electron chi connectivity index (χ0n) is 14.6. The summed E-state index contributed by atoms with van der Waals surface area (Å²) in [5, 5.41) is 12.0. The molecule has 25 heavy (non-hydrogen) atoms. The number of hydrogen-bond acceptors (Lipinski definition) is 5. The van der Waals surface area contributed by atoms with Crippen molar-refractivity contribution in [3.8, 4) is 6.07 Å². The minimum absolute atomic E-state index is 0.0208. The van der Waals surface area contributed by atoms with Crippen LogP contribution in [0.1, 0.15) is 43.5 Å². The third-order valence-electron chi connectivity index (χ3n) is 4.18. The minimum atomic E-state index is -0.531. The lowest BCUT2D eigenvalue weighted by Crippen LogP contribution is -2.34. The van der Waals surface area contributed by atoms with Gasteiger partial charge >= 0.3 is 5.97 Å². The molecule has 1 aliphatic rings. The second kappa shape index (κ2) is 8.88. The van der Waals surface area contributed by atoms with Crippen LogP contribution in [0.25, 0.3) is 0 Å². The molecule has 6 nitrogen and oxygen atoms in total. The molecule has 132 valence electrons. The molecule has 1 fully saturated rings. The summed E-state index contributed by atoms with van der Waals surface area (Å²) in [5.74, 6) is -1.04. The Hall–Kier alpha value is -2.81. The van der Waals surface area contributed by atoms with Crippen molar-refractivity contribution in [1.82, 2.24) is 4.90 Å². The van der Waals surface area contributed by atoms with Gasteiger partial charge in [-0.15, -0.1) is 0 Å². The normalized spacial score (nSPS) is 17.6. The summed E-state index contributed by atoms with van der Waals surface area (Å²) in [6.45, 7) is 4.88. The van der Waals surface area contributed by atoms with E-state index in [0.717, 1.165) is 25.8 Å². The highest BCUT2D eigenvalue weighted by Gasteiger charge is 2.20. The van der Waals surface area contributed by atoms with Gasteiger partial charge in [0.25, 0.3) is 5.91 Å². The van der Waals surface area contributed by atoms with E-state index in [2.05, 4.69) is 12.2 Å². The van der Waals surface area contributed by atoms with Crippen LogP contribution >= 0.6 is 0 Å². The summed E-state index contributed by atoms with van der Waals surface area (Å²) in [6, 6.07) is 8.85. The zero-order chi connectivity index (χ0) is 18.2. The molecule has 1 unspecified atom stereocenters. The number of hydrogen-bond donors (Lipinski definition) is 1. The molecule has 1 heterocycles. The Bertz CT molecular complexity index is 706. The van der Waals surface area contributed by atoms with E-state index < -0.39 is 11.9 Å². The average molecular weight is 341 g/mol. The topological polar surface area (TPSA) is 82.4 Å². The van der Waals surface area contributed by atoms with Crippen LogP contribution in [0.4, 0.5) is 5.69 Å². The smallest absolute Gasteiger partial charge is 0.340 e. The van der Waals surface area contributed by atoms with Crippen molar-refractivity contribution in [2.75, 3.05) is 18.5 Å². The molecule has 0 spiro atoms. The van der Waals surface area contributed by atoms with Gasteiger partial charge in [0.2, 0.25) is 0 Å². The summed E-state index contributed by atoms with van der Waals surface area (Å²) in [6.07, 6.45) is 4.87.